The van der Waals surface area contributed by atoms with Gasteiger partial charge in [-0.3, -0.25) is 4.79 Å². The van der Waals surface area contributed by atoms with E-state index >= 15 is 0 Å². The van der Waals surface area contributed by atoms with E-state index in [2.05, 4.69) is 0 Å². The summed E-state index contributed by atoms with van der Waals surface area (Å²) >= 11 is 0. The smallest absolute Gasteiger partial charge is 0.304 e. The van der Waals surface area contributed by atoms with Gasteiger partial charge in [0.1, 0.15) is 11.6 Å². The molecule has 0 fully saturated rings. The molecule has 0 amide bonds. The Kier molecular flexibility index (Phi) is 5.92. The van der Waals surface area contributed by atoms with Gasteiger partial charge in [-0.25, -0.2) is 8.78 Å². The molecule has 1 rings (SSSR count). The molecule has 0 unspecified atom stereocenters. The molecule has 0 aromatic heterocycles. The van der Waals surface area contributed by atoms with Crippen LogP contribution in [0.25, 0.3) is 0 Å². The van der Waals surface area contributed by atoms with E-state index in [1.165, 1.54) is 0 Å². The van der Waals surface area contributed by atoms with Crippen molar-refractivity contribution in [1.82, 2.24) is 0 Å². The van der Waals surface area contributed by atoms with E-state index < -0.39 is 23.6 Å². The molecule has 0 spiro atoms. The maximum atomic E-state index is 12.7. The van der Waals surface area contributed by atoms with Gasteiger partial charge in [0.15, 0.2) is 0 Å². The number of nitrogens with two attached hydrogens (primary N) is 1. The summed E-state index contributed by atoms with van der Waals surface area (Å²) in [7, 11) is 0. The Balaban J connectivity index is 0.00000225. The van der Waals surface area contributed by atoms with Crippen molar-refractivity contribution in [1.29, 1.82) is 0 Å². The number of hydrogen-bond acceptors (Lipinski definition) is 2. The van der Waals surface area contributed by atoms with Gasteiger partial charge in [-0.15, -0.1) is 12.4 Å². The van der Waals surface area contributed by atoms with Crippen LogP contribution in [0, 0.1) is 11.6 Å². The van der Waals surface area contributed by atoms with Crippen LogP contribution in [0.5, 0.6) is 0 Å². The SMILES string of the molecule is Cl.N[C@@H](CC(=O)O)Cc1cc(F)cc(F)c1. The highest BCUT2D eigenvalue weighted by atomic mass is 35.5. The third-order valence-electron chi connectivity index (χ3n) is 1.86. The average Bonchev–Trinajstić information content (AvgIpc) is 1.98. The highest BCUT2D eigenvalue weighted by molar-refractivity contribution is 5.85. The second-order valence-electron chi connectivity index (χ2n) is 3.34. The molecule has 90 valence electrons. The number of halogens is 3. The second kappa shape index (κ2) is 6.40. The first-order chi connectivity index (χ1) is 6.97. The van der Waals surface area contributed by atoms with Crippen LogP contribution >= 0.6 is 12.4 Å². The van der Waals surface area contributed by atoms with Crippen LogP contribution in [0.15, 0.2) is 18.2 Å². The Hall–Kier alpha value is -1.20. The Bertz CT molecular complexity index is 354. The van der Waals surface area contributed by atoms with Gasteiger partial charge < -0.3 is 10.8 Å². The van der Waals surface area contributed by atoms with Gasteiger partial charge in [-0.1, -0.05) is 0 Å². The van der Waals surface area contributed by atoms with Crippen LogP contribution in [0.3, 0.4) is 0 Å². The Morgan fingerprint density at radius 3 is 2.25 bits per heavy atom. The molecule has 0 saturated heterocycles. The number of carboxylic acid groups (broad SMARTS) is 1. The van der Waals surface area contributed by atoms with Crippen molar-refractivity contribution in [2.45, 2.75) is 18.9 Å². The lowest BCUT2D eigenvalue weighted by atomic mass is 10.0. The molecular weight excluding hydrogens is 240 g/mol. The van der Waals surface area contributed by atoms with Gasteiger partial charge >= 0.3 is 5.97 Å². The van der Waals surface area contributed by atoms with Gasteiger partial charge in [0.2, 0.25) is 0 Å². The summed E-state index contributed by atoms with van der Waals surface area (Å²) in [6, 6.07) is 2.41. The Labute approximate surface area is 97.7 Å². The first-order valence-electron chi connectivity index (χ1n) is 4.39. The summed E-state index contributed by atoms with van der Waals surface area (Å²) in [4.78, 5) is 10.3. The topological polar surface area (TPSA) is 63.3 Å². The van der Waals surface area contributed by atoms with Crippen molar-refractivity contribution in [3.63, 3.8) is 0 Å². The number of hydrogen-bond donors (Lipinski definition) is 2. The molecule has 0 aliphatic carbocycles. The van der Waals surface area contributed by atoms with E-state index in [9.17, 15) is 13.6 Å². The number of benzene rings is 1. The lowest BCUT2D eigenvalue weighted by Gasteiger charge is -2.08. The minimum Gasteiger partial charge on any atom is -0.481 e. The average molecular weight is 252 g/mol. The highest BCUT2D eigenvalue weighted by Crippen LogP contribution is 2.10. The van der Waals surface area contributed by atoms with Crippen molar-refractivity contribution < 1.29 is 18.7 Å². The largest absolute Gasteiger partial charge is 0.481 e. The van der Waals surface area contributed by atoms with Crippen molar-refractivity contribution in [2.75, 3.05) is 0 Å². The third kappa shape index (κ3) is 5.04. The van der Waals surface area contributed by atoms with E-state index in [1.54, 1.807) is 0 Å². The molecule has 0 aliphatic rings. The van der Waals surface area contributed by atoms with Crippen molar-refractivity contribution in [3.05, 3.63) is 35.4 Å². The van der Waals surface area contributed by atoms with E-state index in [0.717, 1.165) is 18.2 Å². The summed E-state index contributed by atoms with van der Waals surface area (Å²) < 4.78 is 25.5. The first kappa shape index (κ1) is 14.8. The Morgan fingerprint density at radius 2 is 1.81 bits per heavy atom. The van der Waals surface area contributed by atoms with Crippen LogP contribution in [-0.4, -0.2) is 17.1 Å². The lowest BCUT2D eigenvalue weighted by molar-refractivity contribution is -0.137. The minimum absolute atomic E-state index is 0. The zero-order valence-corrected chi connectivity index (χ0v) is 9.14. The highest BCUT2D eigenvalue weighted by Gasteiger charge is 2.10. The van der Waals surface area contributed by atoms with Crippen molar-refractivity contribution >= 4 is 18.4 Å². The third-order valence-corrected chi connectivity index (χ3v) is 1.86. The van der Waals surface area contributed by atoms with E-state index in [1.807, 2.05) is 0 Å². The van der Waals surface area contributed by atoms with Crippen molar-refractivity contribution in [3.8, 4) is 0 Å². The molecule has 0 bridgehead atoms. The van der Waals surface area contributed by atoms with Gasteiger partial charge in [0.25, 0.3) is 0 Å². The van der Waals surface area contributed by atoms with E-state index in [0.29, 0.717) is 5.56 Å². The molecule has 1 atom stereocenters. The van der Waals surface area contributed by atoms with E-state index in [4.69, 9.17) is 10.8 Å². The van der Waals surface area contributed by atoms with Crippen molar-refractivity contribution in [2.24, 2.45) is 5.73 Å². The predicted octanol–water partition coefficient (Wildman–Crippen LogP) is 1.73. The molecule has 1 aromatic carbocycles. The fourth-order valence-electron chi connectivity index (χ4n) is 1.33. The molecule has 0 saturated carbocycles. The zero-order valence-electron chi connectivity index (χ0n) is 8.32. The van der Waals surface area contributed by atoms with Gasteiger partial charge in [0.05, 0.1) is 6.42 Å². The molecular formula is C10H12ClF2NO2. The summed E-state index contributed by atoms with van der Waals surface area (Å²) in [5.41, 5.74) is 5.84. The van der Waals surface area contributed by atoms with Crippen LogP contribution in [0.2, 0.25) is 0 Å². The lowest BCUT2D eigenvalue weighted by Crippen LogP contribution is -2.26. The summed E-state index contributed by atoms with van der Waals surface area (Å²) in [5.74, 6) is -2.40. The van der Waals surface area contributed by atoms with Crippen LogP contribution in [0.1, 0.15) is 12.0 Å². The molecule has 16 heavy (non-hydrogen) atoms. The number of rotatable bonds is 4. The zero-order chi connectivity index (χ0) is 11.4. The molecule has 0 heterocycles. The predicted molar refractivity (Wildman–Crippen MR) is 57.5 cm³/mol. The number of carbonyl (C=O) groups is 1. The van der Waals surface area contributed by atoms with Gasteiger partial charge in [0, 0.05) is 12.1 Å². The summed E-state index contributed by atoms with van der Waals surface area (Å²) in [6.07, 6.45) is -0.0842. The molecule has 1 aromatic rings. The fraction of sp³-hybridized carbons (Fsp3) is 0.300. The number of carboxylic acids is 1. The van der Waals surface area contributed by atoms with Gasteiger partial charge in [-0.05, 0) is 24.1 Å². The normalized spacial score (nSPS) is 11.7. The maximum Gasteiger partial charge on any atom is 0.304 e. The number of aliphatic carboxylic acids is 1. The fourth-order valence-corrected chi connectivity index (χ4v) is 1.33. The molecule has 0 aliphatic heterocycles. The quantitative estimate of drug-likeness (QED) is 0.857. The molecule has 3 N–H and O–H groups in total. The summed E-state index contributed by atoms with van der Waals surface area (Å²) in [6.45, 7) is 0. The minimum atomic E-state index is -1.03. The summed E-state index contributed by atoms with van der Waals surface area (Å²) in [5, 5.41) is 8.44. The standard InChI is InChI=1S/C10H11F2NO2.ClH/c11-7-1-6(2-8(12)4-7)3-9(13)5-10(14)15;/h1-2,4,9H,3,5,13H2,(H,14,15);1H/t9-;/m1./s1. The molecule has 3 nitrogen and oxygen atoms in total. The first-order valence-corrected chi connectivity index (χ1v) is 4.39. The Morgan fingerprint density at radius 1 is 1.31 bits per heavy atom. The van der Waals surface area contributed by atoms with Crippen LogP contribution in [0.4, 0.5) is 8.78 Å². The maximum absolute atomic E-state index is 12.7. The van der Waals surface area contributed by atoms with Gasteiger partial charge in [-0.2, -0.15) is 0 Å². The second-order valence-corrected chi connectivity index (χ2v) is 3.34. The molecule has 0 radical (unpaired) electrons. The molecule has 6 heteroatoms. The monoisotopic (exact) mass is 251 g/mol. The van der Waals surface area contributed by atoms with E-state index in [-0.39, 0.29) is 25.2 Å². The van der Waals surface area contributed by atoms with Crippen LogP contribution in [-0.2, 0) is 11.2 Å². The van der Waals surface area contributed by atoms with Crippen LogP contribution < -0.4 is 5.73 Å².